The number of hydrogen-bond acceptors (Lipinski definition) is 4. The van der Waals surface area contributed by atoms with Crippen LogP contribution in [-0.4, -0.2) is 42.5 Å². The zero-order chi connectivity index (χ0) is 17.5. The van der Waals surface area contributed by atoms with Crippen molar-refractivity contribution in [3.63, 3.8) is 0 Å². The fourth-order valence-electron chi connectivity index (χ4n) is 2.28. The number of aromatic nitrogens is 1. The molecule has 0 aliphatic rings. The summed E-state index contributed by atoms with van der Waals surface area (Å²) in [6.07, 6.45) is 1.78. The molecule has 7 heteroatoms. The number of nitrogens with one attached hydrogen (secondary N) is 2. The van der Waals surface area contributed by atoms with Crippen LogP contribution in [0.15, 0.2) is 35.8 Å². The van der Waals surface area contributed by atoms with E-state index in [0.29, 0.717) is 18.7 Å². The molecule has 3 amide bonds. The van der Waals surface area contributed by atoms with Gasteiger partial charge in [-0.25, -0.2) is 9.78 Å². The molecule has 0 fully saturated rings. The van der Waals surface area contributed by atoms with Gasteiger partial charge in [-0.05, 0) is 17.7 Å². The van der Waals surface area contributed by atoms with Gasteiger partial charge in [-0.3, -0.25) is 4.79 Å². The van der Waals surface area contributed by atoms with Gasteiger partial charge in [0.15, 0.2) is 0 Å². The number of thiazole rings is 1. The van der Waals surface area contributed by atoms with Crippen LogP contribution in [0, 0.1) is 0 Å². The van der Waals surface area contributed by atoms with Crippen LogP contribution in [-0.2, 0) is 6.54 Å². The Bertz CT molecular complexity index is 670. The molecule has 6 nitrogen and oxygen atoms in total. The van der Waals surface area contributed by atoms with Gasteiger partial charge in [-0.1, -0.05) is 19.1 Å². The summed E-state index contributed by atoms with van der Waals surface area (Å²) in [4.78, 5) is 29.6. The topological polar surface area (TPSA) is 74.3 Å². The van der Waals surface area contributed by atoms with E-state index in [0.717, 1.165) is 10.6 Å². The molecule has 0 spiro atoms. The number of likely N-dealkylation sites (N-methyl/N-ethyl adjacent to an activating group) is 1. The van der Waals surface area contributed by atoms with Gasteiger partial charge in [0.2, 0.25) is 0 Å². The molecular weight excluding hydrogens is 324 g/mol. The Balaban J connectivity index is 1.82. The second-order valence-electron chi connectivity index (χ2n) is 5.59. The molecule has 0 saturated carbocycles. The highest BCUT2D eigenvalue weighted by atomic mass is 32.1. The molecule has 1 atom stereocenters. The van der Waals surface area contributed by atoms with Crippen LogP contribution in [0.5, 0.6) is 0 Å². The fourth-order valence-corrected chi connectivity index (χ4v) is 2.97. The maximum absolute atomic E-state index is 12.2. The normalized spacial score (nSPS) is 11.6. The highest BCUT2D eigenvalue weighted by Crippen LogP contribution is 2.18. The van der Waals surface area contributed by atoms with Crippen molar-refractivity contribution in [3.05, 3.63) is 52.0 Å². The van der Waals surface area contributed by atoms with Crippen molar-refractivity contribution in [1.82, 2.24) is 20.5 Å². The largest absolute Gasteiger partial charge is 0.355 e. The van der Waals surface area contributed by atoms with Crippen LogP contribution < -0.4 is 10.6 Å². The first kappa shape index (κ1) is 17.9. The van der Waals surface area contributed by atoms with Crippen molar-refractivity contribution in [2.24, 2.45) is 0 Å². The van der Waals surface area contributed by atoms with E-state index in [-0.39, 0.29) is 17.9 Å². The lowest BCUT2D eigenvalue weighted by Crippen LogP contribution is -2.38. The van der Waals surface area contributed by atoms with Crippen LogP contribution in [0.3, 0.4) is 0 Å². The molecule has 0 aliphatic carbocycles. The summed E-state index contributed by atoms with van der Waals surface area (Å²) in [6, 6.07) is 7.03. The lowest BCUT2D eigenvalue weighted by atomic mass is 10.1. The van der Waals surface area contributed by atoms with E-state index < -0.39 is 0 Å². The third kappa shape index (κ3) is 4.79. The summed E-state index contributed by atoms with van der Waals surface area (Å²) >= 11 is 1.60. The van der Waals surface area contributed by atoms with Gasteiger partial charge in [0.25, 0.3) is 5.91 Å². The zero-order valence-corrected chi connectivity index (χ0v) is 14.9. The highest BCUT2D eigenvalue weighted by Gasteiger charge is 2.15. The summed E-state index contributed by atoms with van der Waals surface area (Å²) in [5.74, 6) is 0.0779. The summed E-state index contributed by atoms with van der Waals surface area (Å²) in [7, 11) is 3.37. The smallest absolute Gasteiger partial charge is 0.317 e. The monoisotopic (exact) mass is 346 g/mol. The van der Waals surface area contributed by atoms with Crippen molar-refractivity contribution in [1.29, 1.82) is 0 Å². The number of carbonyl (C=O) groups is 2. The molecule has 0 bridgehead atoms. The number of benzene rings is 1. The molecule has 0 unspecified atom stereocenters. The van der Waals surface area contributed by atoms with Gasteiger partial charge in [-0.2, -0.15) is 0 Å². The molecule has 128 valence electrons. The van der Waals surface area contributed by atoms with E-state index in [9.17, 15) is 9.59 Å². The van der Waals surface area contributed by atoms with Crippen molar-refractivity contribution in [3.8, 4) is 0 Å². The number of carbonyl (C=O) groups excluding carboxylic acids is 2. The molecule has 2 N–H and O–H groups in total. The molecular formula is C17H22N4O2S. The van der Waals surface area contributed by atoms with E-state index in [1.165, 1.54) is 0 Å². The first-order valence-electron chi connectivity index (χ1n) is 7.70. The predicted molar refractivity (Wildman–Crippen MR) is 95.2 cm³/mol. The van der Waals surface area contributed by atoms with Crippen LogP contribution in [0.1, 0.15) is 33.8 Å². The van der Waals surface area contributed by atoms with Gasteiger partial charge in [0, 0.05) is 50.2 Å². The average molecular weight is 346 g/mol. The molecule has 0 aliphatic heterocycles. The molecule has 1 heterocycles. The number of nitrogens with zero attached hydrogens (tertiary/aromatic N) is 2. The standard InChI is InChI=1S/C17H22N4O2S/c1-12(16-19-8-9-24-16)11-21(3)17(23)20-10-13-4-6-14(7-5-13)15(22)18-2/h4-9,12H,10-11H2,1-3H3,(H,18,22)(H,20,23)/t12-/m1/s1. The van der Waals surface area contributed by atoms with E-state index >= 15 is 0 Å². The van der Waals surface area contributed by atoms with E-state index in [1.54, 1.807) is 48.7 Å². The summed E-state index contributed by atoms with van der Waals surface area (Å²) in [5, 5.41) is 8.42. The summed E-state index contributed by atoms with van der Waals surface area (Å²) in [6.45, 7) is 3.08. The van der Waals surface area contributed by atoms with Crippen molar-refractivity contribution in [2.75, 3.05) is 20.6 Å². The minimum atomic E-state index is -0.131. The van der Waals surface area contributed by atoms with Gasteiger partial charge < -0.3 is 15.5 Å². The number of amides is 3. The Hall–Kier alpha value is -2.41. The minimum absolute atomic E-state index is 0.124. The van der Waals surface area contributed by atoms with Crippen molar-refractivity contribution >= 4 is 23.3 Å². The highest BCUT2D eigenvalue weighted by molar-refractivity contribution is 7.09. The van der Waals surface area contributed by atoms with E-state index in [1.807, 2.05) is 17.5 Å². The first-order chi connectivity index (χ1) is 11.5. The molecule has 0 radical (unpaired) electrons. The molecule has 0 saturated heterocycles. The molecule has 2 rings (SSSR count). The Morgan fingerprint density at radius 1 is 1.29 bits per heavy atom. The third-order valence-electron chi connectivity index (χ3n) is 3.65. The predicted octanol–water partition coefficient (Wildman–Crippen LogP) is 2.45. The second kappa shape index (κ2) is 8.44. The lowest BCUT2D eigenvalue weighted by Gasteiger charge is -2.21. The van der Waals surface area contributed by atoms with Gasteiger partial charge in [0.1, 0.15) is 0 Å². The summed E-state index contributed by atoms with van der Waals surface area (Å²) in [5.41, 5.74) is 1.54. The van der Waals surface area contributed by atoms with E-state index in [2.05, 4.69) is 22.5 Å². The third-order valence-corrected chi connectivity index (χ3v) is 4.66. The molecule has 2 aromatic rings. The van der Waals surface area contributed by atoms with Crippen LogP contribution in [0.2, 0.25) is 0 Å². The Morgan fingerprint density at radius 2 is 2.00 bits per heavy atom. The quantitative estimate of drug-likeness (QED) is 0.844. The molecule has 24 heavy (non-hydrogen) atoms. The zero-order valence-electron chi connectivity index (χ0n) is 14.1. The second-order valence-corrected chi connectivity index (χ2v) is 6.51. The number of hydrogen-bond donors (Lipinski definition) is 2. The van der Waals surface area contributed by atoms with E-state index in [4.69, 9.17) is 0 Å². The van der Waals surface area contributed by atoms with Crippen LogP contribution in [0.25, 0.3) is 0 Å². The number of rotatable bonds is 6. The van der Waals surface area contributed by atoms with Crippen molar-refractivity contribution < 1.29 is 9.59 Å². The first-order valence-corrected chi connectivity index (χ1v) is 8.58. The van der Waals surface area contributed by atoms with Gasteiger partial charge in [-0.15, -0.1) is 11.3 Å². The Kier molecular flexibility index (Phi) is 6.31. The Morgan fingerprint density at radius 3 is 2.58 bits per heavy atom. The molecule has 1 aromatic carbocycles. The van der Waals surface area contributed by atoms with Crippen LogP contribution in [0.4, 0.5) is 4.79 Å². The lowest BCUT2D eigenvalue weighted by molar-refractivity contribution is 0.0963. The van der Waals surface area contributed by atoms with Crippen LogP contribution >= 0.6 is 11.3 Å². The average Bonchev–Trinajstić information content (AvgIpc) is 3.14. The van der Waals surface area contributed by atoms with Gasteiger partial charge >= 0.3 is 6.03 Å². The SMILES string of the molecule is CNC(=O)c1ccc(CNC(=O)N(C)C[C@@H](C)c2nccs2)cc1. The van der Waals surface area contributed by atoms with Crippen molar-refractivity contribution in [2.45, 2.75) is 19.4 Å². The maximum Gasteiger partial charge on any atom is 0.317 e. The number of urea groups is 1. The summed E-state index contributed by atoms with van der Waals surface area (Å²) < 4.78 is 0. The molecule has 1 aromatic heterocycles. The fraction of sp³-hybridized carbons (Fsp3) is 0.353. The van der Waals surface area contributed by atoms with Gasteiger partial charge in [0.05, 0.1) is 5.01 Å². The Labute approximate surface area is 145 Å². The minimum Gasteiger partial charge on any atom is -0.355 e. The maximum atomic E-state index is 12.2.